The number of nitro groups is 1. The average Bonchev–Trinajstić information content (AvgIpc) is 2.82. The number of non-ortho nitro benzene ring substituents is 1. The number of carbonyl (C=O) groups is 2. The number of rotatable bonds is 7. The van der Waals surface area contributed by atoms with E-state index in [2.05, 4.69) is 5.32 Å². The van der Waals surface area contributed by atoms with Crippen LogP contribution >= 0.6 is 11.8 Å². The Balaban J connectivity index is 2.36. The molecule has 9 nitrogen and oxygen atoms in total. The van der Waals surface area contributed by atoms with E-state index in [1.54, 1.807) is 25.1 Å². The Morgan fingerprint density at radius 3 is 2.45 bits per heavy atom. The van der Waals surface area contributed by atoms with Crippen molar-refractivity contribution in [3.05, 3.63) is 80.5 Å². The summed E-state index contributed by atoms with van der Waals surface area (Å²) in [6.07, 6.45) is 1.91. The second-order valence-electron chi connectivity index (χ2n) is 7.10. The zero-order chi connectivity index (χ0) is 24.3. The summed E-state index contributed by atoms with van der Waals surface area (Å²) < 4.78 is 10.4. The fourth-order valence-corrected chi connectivity index (χ4v) is 4.24. The van der Waals surface area contributed by atoms with Gasteiger partial charge in [0, 0.05) is 28.3 Å². The number of carboxylic acids is 1. The Morgan fingerprint density at radius 1 is 1.15 bits per heavy atom. The van der Waals surface area contributed by atoms with Gasteiger partial charge in [-0.25, -0.2) is 9.59 Å². The van der Waals surface area contributed by atoms with E-state index in [1.807, 2.05) is 12.3 Å². The number of dihydropyridines is 1. The molecule has 2 aromatic rings. The molecule has 10 heteroatoms. The topological polar surface area (TPSA) is 128 Å². The Hall–Kier alpha value is -3.79. The molecule has 1 aliphatic heterocycles. The zero-order valence-corrected chi connectivity index (χ0v) is 19.2. The number of nitrogens with one attached hydrogen (secondary N) is 1. The number of hydrogen-bond acceptors (Lipinski definition) is 8. The first-order valence-electron chi connectivity index (χ1n) is 9.73. The Morgan fingerprint density at radius 2 is 1.88 bits per heavy atom. The highest BCUT2D eigenvalue weighted by atomic mass is 32.2. The number of carboxylic acid groups (broad SMARTS) is 1. The summed E-state index contributed by atoms with van der Waals surface area (Å²) in [7, 11) is 2.67. The number of nitrogens with zero attached hydrogens (tertiary/aromatic N) is 1. The van der Waals surface area contributed by atoms with Crippen LogP contribution in [0.15, 0.2) is 64.2 Å². The second-order valence-corrected chi connectivity index (χ2v) is 7.98. The van der Waals surface area contributed by atoms with Crippen LogP contribution in [0.2, 0.25) is 0 Å². The molecule has 0 radical (unpaired) electrons. The van der Waals surface area contributed by atoms with Gasteiger partial charge < -0.3 is 19.9 Å². The molecule has 1 aliphatic rings. The number of ether oxygens (including phenoxy) is 2. The predicted molar refractivity (Wildman–Crippen MR) is 123 cm³/mol. The van der Waals surface area contributed by atoms with Gasteiger partial charge in [-0.15, -0.1) is 11.8 Å². The van der Waals surface area contributed by atoms with Gasteiger partial charge in [-0.3, -0.25) is 10.1 Å². The highest BCUT2D eigenvalue weighted by molar-refractivity contribution is 7.98. The van der Waals surface area contributed by atoms with Crippen LogP contribution in [-0.2, 0) is 14.3 Å². The number of esters is 1. The van der Waals surface area contributed by atoms with Crippen molar-refractivity contribution >= 4 is 35.1 Å². The van der Waals surface area contributed by atoms with E-state index >= 15 is 0 Å². The van der Waals surface area contributed by atoms with Crippen molar-refractivity contribution in [3.63, 3.8) is 0 Å². The molecule has 3 rings (SSSR count). The van der Waals surface area contributed by atoms with E-state index in [4.69, 9.17) is 9.47 Å². The quantitative estimate of drug-likeness (QED) is 0.267. The van der Waals surface area contributed by atoms with E-state index in [1.165, 1.54) is 44.2 Å². The summed E-state index contributed by atoms with van der Waals surface area (Å²) in [5.41, 5.74) is 1.03. The van der Waals surface area contributed by atoms with Crippen molar-refractivity contribution in [1.82, 2.24) is 5.32 Å². The first kappa shape index (κ1) is 23.9. The smallest absolute Gasteiger partial charge is 0.336 e. The summed E-state index contributed by atoms with van der Waals surface area (Å²) in [5, 5.41) is 24.6. The van der Waals surface area contributed by atoms with Crippen LogP contribution in [-0.4, -0.2) is 42.4 Å². The lowest BCUT2D eigenvalue weighted by Gasteiger charge is -2.31. The minimum atomic E-state index is -1.29. The third-order valence-corrected chi connectivity index (χ3v) is 6.02. The van der Waals surface area contributed by atoms with Gasteiger partial charge in [-0.2, -0.15) is 0 Å². The summed E-state index contributed by atoms with van der Waals surface area (Å²) in [5.74, 6) is -2.70. The van der Waals surface area contributed by atoms with Gasteiger partial charge in [-0.05, 0) is 36.9 Å². The minimum Gasteiger partial charge on any atom is -0.496 e. The number of hydrogen-bond donors (Lipinski definition) is 2. The van der Waals surface area contributed by atoms with Crippen LogP contribution in [0.1, 0.15) is 24.0 Å². The van der Waals surface area contributed by atoms with Crippen LogP contribution in [0.4, 0.5) is 5.69 Å². The van der Waals surface area contributed by atoms with Crippen molar-refractivity contribution in [1.29, 1.82) is 0 Å². The fraction of sp³-hybridized carbons (Fsp3) is 0.217. The molecule has 33 heavy (non-hydrogen) atoms. The predicted octanol–water partition coefficient (Wildman–Crippen LogP) is 3.96. The molecular formula is C23H22N2O7S. The van der Waals surface area contributed by atoms with Gasteiger partial charge in [0.05, 0.1) is 41.9 Å². The molecule has 1 atom stereocenters. The summed E-state index contributed by atoms with van der Waals surface area (Å²) in [6, 6.07) is 10.9. The van der Waals surface area contributed by atoms with E-state index in [-0.39, 0.29) is 28.1 Å². The third-order valence-electron chi connectivity index (χ3n) is 5.29. The van der Waals surface area contributed by atoms with E-state index in [0.717, 1.165) is 4.90 Å². The Bertz CT molecular complexity index is 1200. The van der Waals surface area contributed by atoms with Crippen LogP contribution < -0.4 is 10.1 Å². The van der Waals surface area contributed by atoms with Crippen LogP contribution in [0.3, 0.4) is 0 Å². The van der Waals surface area contributed by atoms with Crippen LogP contribution in [0.5, 0.6) is 5.75 Å². The average molecular weight is 471 g/mol. The molecule has 0 saturated heterocycles. The number of methoxy groups -OCH3 is 2. The van der Waals surface area contributed by atoms with Gasteiger partial charge in [0.1, 0.15) is 5.75 Å². The second kappa shape index (κ2) is 9.78. The molecule has 0 aromatic heterocycles. The van der Waals surface area contributed by atoms with Crippen molar-refractivity contribution in [2.75, 3.05) is 20.5 Å². The van der Waals surface area contributed by atoms with Gasteiger partial charge >= 0.3 is 11.9 Å². The maximum Gasteiger partial charge on any atom is 0.336 e. The lowest BCUT2D eigenvalue weighted by molar-refractivity contribution is -0.384. The van der Waals surface area contributed by atoms with E-state index in [9.17, 15) is 24.8 Å². The number of carbonyl (C=O) groups excluding carboxylic acids is 1. The number of nitro benzene ring substituents is 1. The lowest BCUT2D eigenvalue weighted by atomic mass is 9.79. The Kier molecular flexibility index (Phi) is 7.07. The fourth-order valence-electron chi connectivity index (χ4n) is 3.81. The molecule has 0 spiro atoms. The summed E-state index contributed by atoms with van der Waals surface area (Å²) in [6.45, 7) is 1.62. The molecule has 2 aromatic carbocycles. The molecule has 1 heterocycles. The van der Waals surface area contributed by atoms with Crippen LogP contribution in [0.25, 0.3) is 5.70 Å². The lowest BCUT2D eigenvalue weighted by Crippen LogP contribution is -2.32. The normalized spacial score (nSPS) is 15.7. The van der Waals surface area contributed by atoms with Crippen molar-refractivity contribution in [2.24, 2.45) is 0 Å². The number of aliphatic carboxylic acids is 1. The molecule has 2 N–H and O–H groups in total. The molecule has 0 saturated carbocycles. The van der Waals surface area contributed by atoms with Crippen molar-refractivity contribution in [3.8, 4) is 5.75 Å². The first-order chi connectivity index (χ1) is 15.7. The molecular weight excluding hydrogens is 448 g/mol. The van der Waals surface area contributed by atoms with Gasteiger partial charge in [0.25, 0.3) is 5.69 Å². The summed E-state index contributed by atoms with van der Waals surface area (Å²) >= 11 is 1.50. The standard InChI is InChI=1S/C23H22N2O7S/c1-12-18(23(28)32-3)19(13-6-5-7-14(10-13)25(29)30)20(22(26)27)21(24-12)16-9-8-15(33-4)11-17(16)31-2/h5-11,19,24H,1-4H3,(H,26,27). The zero-order valence-electron chi connectivity index (χ0n) is 18.4. The maximum absolute atomic E-state index is 12.7. The SMILES string of the molecule is COC(=O)C1=C(C)NC(c2ccc(SC)cc2OC)=C(C(=O)O)C1c1cccc([N+](=O)[O-])c1. The van der Waals surface area contributed by atoms with Gasteiger partial charge in [0.2, 0.25) is 0 Å². The van der Waals surface area contributed by atoms with E-state index in [0.29, 0.717) is 17.0 Å². The largest absolute Gasteiger partial charge is 0.496 e. The first-order valence-corrected chi connectivity index (χ1v) is 11.0. The highest BCUT2D eigenvalue weighted by Gasteiger charge is 2.39. The van der Waals surface area contributed by atoms with E-state index < -0.39 is 22.8 Å². The molecule has 0 fully saturated rings. The Labute approximate surface area is 194 Å². The maximum atomic E-state index is 12.7. The molecule has 0 amide bonds. The van der Waals surface area contributed by atoms with Gasteiger partial charge in [-0.1, -0.05) is 12.1 Å². The van der Waals surface area contributed by atoms with Crippen molar-refractivity contribution < 1.29 is 29.1 Å². The van der Waals surface area contributed by atoms with Gasteiger partial charge in [0.15, 0.2) is 0 Å². The third kappa shape index (κ3) is 4.56. The number of thioether (sulfide) groups is 1. The monoisotopic (exact) mass is 470 g/mol. The molecule has 0 aliphatic carbocycles. The molecule has 172 valence electrons. The van der Waals surface area contributed by atoms with Crippen molar-refractivity contribution in [2.45, 2.75) is 17.7 Å². The minimum absolute atomic E-state index is 0.0545. The number of benzene rings is 2. The number of allylic oxidation sites excluding steroid dienone is 1. The van der Waals surface area contributed by atoms with Crippen LogP contribution in [0, 0.1) is 10.1 Å². The molecule has 0 bridgehead atoms. The molecule has 1 unspecified atom stereocenters. The highest BCUT2D eigenvalue weighted by Crippen LogP contribution is 2.43. The summed E-state index contributed by atoms with van der Waals surface area (Å²) in [4.78, 5) is 37.0.